The fraction of sp³-hybridized carbons (Fsp3) is 0.353. The molecule has 1 aromatic rings. The monoisotopic (exact) mass is 311 g/mol. The first-order valence-corrected chi connectivity index (χ1v) is 6.77. The standard InChI is InChI=1S/C17H20F3NO/c1-11-6-7-14(12(2)8-11)15(10-22)16(17(18,19)20)9-13(3)21(4)5/h6-10H,1-5H3/b13-9-,16-15-. The number of halogens is 3. The molecule has 0 saturated carbocycles. The molecule has 0 atom stereocenters. The van der Waals surface area contributed by atoms with Crippen molar-refractivity contribution in [1.82, 2.24) is 4.90 Å². The Labute approximate surface area is 128 Å². The molecule has 1 rings (SSSR count). The minimum absolute atomic E-state index is 0.278. The molecule has 0 spiro atoms. The van der Waals surface area contributed by atoms with Gasteiger partial charge in [0.05, 0.1) is 5.57 Å². The summed E-state index contributed by atoms with van der Waals surface area (Å²) in [5.41, 5.74) is 1.01. The fourth-order valence-electron chi connectivity index (χ4n) is 2.04. The summed E-state index contributed by atoms with van der Waals surface area (Å²) in [6, 6.07) is 5.01. The normalized spacial score (nSPS) is 13.7. The SMILES string of the molecule is C/C(=C/C(=C(\C=O)c1ccc(C)cc1C)C(F)(F)F)N(C)C. The topological polar surface area (TPSA) is 20.3 Å². The van der Waals surface area contributed by atoms with Crippen LogP contribution in [0.5, 0.6) is 0 Å². The van der Waals surface area contributed by atoms with Gasteiger partial charge in [-0.15, -0.1) is 0 Å². The van der Waals surface area contributed by atoms with Gasteiger partial charge in [-0.3, -0.25) is 4.79 Å². The Hall–Kier alpha value is -2.04. The van der Waals surface area contributed by atoms with Crippen LogP contribution in [0.1, 0.15) is 23.6 Å². The van der Waals surface area contributed by atoms with Gasteiger partial charge in [-0.05, 0) is 38.0 Å². The van der Waals surface area contributed by atoms with Gasteiger partial charge in [-0.1, -0.05) is 23.8 Å². The zero-order chi connectivity index (χ0) is 17.1. The van der Waals surface area contributed by atoms with Gasteiger partial charge in [-0.25, -0.2) is 0 Å². The molecule has 5 heteroatoms. The van der Waals surface area contributed by atoms with Crippen molar-refractivity contribution in [2.75, 3.05) is 14.1 Å². The van der Waals surface area contributed by atoms with Crippen LogP contribution in [0.3, 0.4) is 0 Å². The molecule has 0 heterocycles. The van der Waals surface area contributed by atoms with Crippen molar-refractivity contribution in [1.29, 1.82) is 0 Å². The van der Waals surface area contributed by atoms with Crippen LogP contribution in [0.15, 0.2) is 35.5 Å². The maximum Gasteiger partial charge on any atom is 0.417 e. The fourth-order valence-corrected chi connectivity index (χ4v) is 2.04. The first-order chi connectivity index (χ1) is 10.1. The zero-order valence-electron chi connectivity index (χ0n) is 13.4. The number of benzene rings is 1. The number of nitrogens with zero attached hydrogens (tertiary/aromatic N) is 1. The van der Waals surface area contributed by atoms with Gasteiger partial charge in [0.1, 0.15) is 0 Å². The van der Waals surface area contributed by atoms with E-state index in [-0.39, 0.29) is 11.9 Å². The van der Waals surface area contributed by atoms with Crippen molar-refractivity contribution in [2.45, 2.75) is 26.9 Å². The van der Waals surface area contributed by atoms with Crippen molar-refractivity contribution in [3.05, 3.63) is 52.2 Å². The highest BCUT2D eigenvalue weighted by Gasteiger charge is 2.35. The third-order valence-corrected chi connectivity index (χ3v) is 3.44. The van der Waals surface area contributed by atoms with Gasteiger partial charge >= 0.3 is 6.18 Å². The van der Waals surface area contributed by atoms with E-state index in [2.05, 4.69) is 0 Å². The molecule has 0 aromatic heterocycles. The average molecular weight is 311 g/mol. The van der Waals surface area contributed by atoms with E-state index in [1.54, 1.807) is 51.0 Å². The van der Waals surface area contributed by atoms with Crippen LogP contribution < -0.4 is 0 Å². The van der Waals surface area contributed by atoms with Gasteiger partial charge in [0.2, 0.25) is 0 Å². The highest BCUT2D eigenvalue weighted by Crippen LogP contribution is 2.34. The van der Waals surface area contributed by atoms with E-state index in [9.17, 15) is 18.0 Å². The predicted molar refractivity (Wildman–Crippen MR) is 82.4 cm³/mol. The lowest BCUT2D eigenvalue weighted by atomic mass is 9.94. The number of hydrogen-bond acceptors (Lipinski definition) is 2. The maximum absolute atomic E-state index is 13.4. The van der Waals surface area contributed by atoms with Crippen LogP contribution >= 0.6 is 0 Å². The summed E-state index contributed by atoms with van der Waals surface area (Å²) in [5.74, 6) is 0. The Morgan fingerprint density at radius 2 is 1.77 bits per heavy atom. The average Bonchev–Trinajstić information content (AvgIpc) is 2.38. The molecule has 0 saturated heterocycles. The molecule has 120 valence electrons. The minimum atomic E-state index is -4.61. The van der Waals surface area contributed by atoms with Crippen LogP contribution in [-0.4, -0.2) is 31.5 Å². The number of carbonyl (C=O) groups excluding carboxylic acids is 1. The second-order valence-electron chi connectivity index (χ2n) is 5.44. The molecular weight excluding hydrogens is 291 g/mol. The molecule has 0 unspecified atom stereocenters. The molecule has 0 amide bonds. The lowest BCUT2D eigenvalue weighted by Crippen LogP contribution is -2.16. The van der Waals surface area contributed by atoms with E-state index in [0.29, 0.717) is 16.8 Å². The Balaban J connectivity index is 3.66. The number of aryl methyl sites for hydroxylation is 2. The van der Waals surface area contributed by atoms with Gasteiger partial charge in [-0.2, -0.15) is 13.2 Å². The van der Waals surface area contributed by atoms with E-state index in [1.807, 2.05) is 6.92 Å². The summed E-state index contributed by atoms with van der Waals surface area (Å²) in [5, 5.41) is 0. The first kappa shape index (κ1) is 18.0. The van der Waals surface area contributed by atoms with Gasteiger partial charge in [0.25, 0.3) is 0 Å². The van der Waals surface area contributed by atoms with Gasteiger partial charge in [0, 0.05) is 25.4 Å². The molecule has 0 aliphatic rings. The second-order valence-corrected chi connectivity index (χ2v) is 5.44. The minimum Gasteiger partial charge on any atom is -0.381 e. The maximum atomic E-state index is 13.4. The van der Waals surface area contributed by atoms with Gasteiger partial charge in [0.15, 0.2) is 6.29 Å². The molecular formula is C17H20F3NO. The number of rotatable bonds is 4. The van der Waals surface area contributed by atoms with E-state index in [4.69, 9.17) is 0 Å². The summed E-state index contributed by atoms with van der Waals surface area (Å²) >= 11 is 0. The Kier molecular flexibility index (Phi) is 5.58. The summed E-state index contributed by atoms with van der Waals surface area (Å²) in [6.07, 6.45) is -3.33. The van der Waals surface area contributed by atoms with E-state index in [1.165, 1.54) is 0 Å². The number of aldehydes is 1. The molecule has 0 radical (unpaired) electrons. The third-order valence-electron chi connectivity index (χ3n) is 3.44. The molecule has 0 N–H and O–H groups in total. The smallest absolute Gasteiger partial charge is 0.381 e. The molecule has 2 nitrogen and oxygen atoms in total. The van der Waals surface area contributed by atoms with Gasteiger partial charge < -0.3 is 4.90 Å². The Morgan fingerprint density at radius 1 is 1.18 bits per heavy atom. The van der Waals surface area contributed by atoms with Crippen LogP contribution in [-0.2, 0) is 4.79 Å². The predicted octanol–water partition coefficient (Wildman–Crippen LogP) is 4.28. The second kappa shape index (κ2) is 6.81. The van der Waals surface area contributed by atoms with Crippen molar-refractivity contribution in [3.8, 4) is 0 Å². The third kappa shape index (κ3) is 4.23. The highest BCUT2D eigenvalue weighted by molar-refractivity contribution is 6.09. The van der Waals surface area contributed by atoms with Crippen molar-refractivity contribution < 1.29 is 18.0 Å². The van der Waals surface area contributed by atoms with Crippen LogP contribution in [0.4, 0.5) is 13.2 Å². The van der Waals surface area contributed by atoms with E-state index < -0.39 is 11.7 Å². The van der Waals surface area contributed by atoms with Crippen LogP contribution in [0.25, 0.3) is 5.57 Å². The number of carbonyl (C=O) groups is 1. The molecule has 22 heavy (non-hydrogen) atoms. The lowest BCUT2D eigenvalue weighted by Gasteiger charge is -2.18. The van der Waals surface area contributed by atoms with E-state index in [0.717, 1.165) is 11.6 Å². The highest BCUT2D eigenvalue weighted by atomic mass is 19.4. The molecule has 0 bridgehead atoms. The zero-order valence-corrected chi connectivity index (χ0v) is 13.4. The summed E-state index contributed by atoms with van der Waals surface area (Å²) in [4.78, 5) is 12.9. The van der Waals surface area contributed by atoms with Crippen molar-refractivity contribution in [2.24, 2.45) is 0 Å². The molecule has 0 aliphatic carbocycles. The summed E-state index contributed by atoms with van der Waals surface area (Å²) in [6.45, 7) is 5.11. The first-order valence-electron chi connectivity index (χ1n) is 6.77. The quantitative estimate of drug-likeness (QED) is 0.470. The van der Waals surface area contributed by atoms with Crippen LogP contribution in [0, 0.1) is 13.8 Å². The number of hydrogen-bond donors (Lipinski definition) is 0. The number of allylic oxidation sites excluding steroid dienone is 4. The van der Waals surface area contributed by atoms with Crippen molar-refractivity contribution in [3.63, 3.8) is 0 Å². The molecule has 0 aliphatic heterocycles. The molecule has 1 aromatic carbocycles. The van der Waals surface area contributed by atoms with E-state index >= 15 is 0 Å². The number of alkyl halides is 3. The van der Waals surface area contributed by atoms with Crippen LogP contribution in [0.2, 0.25) is 0 Å². The van der Waals surface area contributed by atoms with Crippen molar-refractivity contribution >= 4 is 11.9 Å². The summed E-state index contributed by atoms with van der Waals surface area (Å²) < 4.78 is 40.2. The summed E-state index contributed by atoms with van der Waals surface area (Å²) in [7, 11) is 3.30. The lowest BCUT2D eigenvalue weighted by molar-refractivity contribution is -0.104. The Morgan fingerprint density at radius 3 is 2.18 bits per heavy atom. The Bertz CT molecular complexity index is 625. The molecule has 0 fully saturated rings. The largest absolute Gasteiger partial charge is 0.417 e.